The lowest BCUT2D eigenvalue weighted by Crippen LogP contribution is -2.27. The molecule has 0 bridgehead atoms. The predicted molar refractivity (Wildman–Crippen MR) is 89.4 cm³/mol. The molecule has 1 saturated heterocycles. The van der Waals surface area contributed by atoms with Crippen LogP contribution in [0.25, 0.3) is 0 Å². The van der Waals surface area contributed by atoms with Crippen molar-refractivity contribution in [1.82, 2.24) is 0 Å². The summed E-state index contributed by atoms with van der Waals surface area (Å²) in [5.41, 5.74) is 0.606. The third-order valence-corrected chi connectivity index (χ3v) is 7.29. The summed E-state index contributed by atoms with van der Waals surface area (Å²) in [4.78, 5) is 24.5. The zero-order valence-electron chi connectivity index (χ0n) is 15.0. The van der Waals surface area contributed by atoms with Gasteiger partial charge < -0.3 is 9.47 Å². The molecule has 0 spiro atoms. The first-order chi connectivity index (χ1) is 11.4. The van der Waals surface area contributed by atoms with E-state index in [2.05, 4.69) is 13.8 Å². The Hall–Kier alpha value is -0.900. The normalized spacial score (nSPS) is 45.8. The van der Waals surface area contributed by atoms with E-state index in [0.717, 1.165) is 38.0 Å². The van der Waals surface area contributed by atoms with Crippen molar-refractivity contribution < 1.29 is 19.1 Å². The highest BCUT2D eigenvalue weighted by Crippen LogP contribution is 2.62. The number of carbonyl (C=O) groups excluding carboxylic acids is 2. The molecule has 24 heavy (non-hydrogen) atoms. The number of ether oxygens (including phenoxy) is 2. The molecule has 1 heterocycles. The van der Waals surface area contributed by atoms with Crippen LogP contribution in [-0.4, -0.2) is 30.1 Å². The molecule has 0 aromatic carbocycles. The minimum absolute atomic E-state index is 0.0313. The van der Waals surface area contributed by atoms with E-state index >= 15 is 0 Å². The molecule has 0 radical (unpaired) electrons. The summed E-state index contributed by atoms with van der Waals surface area (Å²) < 4.78 is 11.1. The third kappa shape index (κ3) is 3.14. The number of hydrogen-bond acceptors (Lipinski definition) is 4. The van der Waals surface area contributed by atoms with Crippen LogP contribution in [0.5, 0.6) is 0 Å². The van der Waals surface area contributed by atoms with Crippen molar-refractivity contribution in [3.8, 4) is 0 Å². The van der Waals surface area contributed by atoms with Gasteiger partial charge in [0, 0.05) is 12.3 Å². The van der Waals surface area contributed by atoms with E-state index in [1.807, 2.05) is 0 Å². The van der Waals surface area contributed by atoms with Gasteiger partial charge in [-0.05, 0) is 69.6 Å². The van der Waals surface area contributed by atoms with Crippen LogP contribution in [0.4, 0.5) is 0 Å². The Labute approximate surface area is 144 Å². The number of ketones is 1. The fourth-order valence-corrected chi connectivity index (χ4v) is 5.04. The highest BCUT2D eigenvalue weighted by molar-refractivity contribution is 5.81. The van der Waals surface area contributed by atoms with E-state index in [-0.39, 0.29) is 23.4 Å². The second-order valence-electron chi connectivity index (χ2n) is 9.15. The molecular weight excluding hydrogens is 304 g/mol. The third-order valence-electron chi connectivity index (χ3n) is 7.29. The number of hydrogen-bond donors (Lipinski definition) is 0. The largest absolute Gasteiger partial charge is 0.465 e. The molecule has 4 heteroatoms. The van der Waals surface area contributed by atoms with Crippen molar-refractivity contribution in [1.29, 1.82) is 0 Å². The fourth-order valence-electron chi connectivity index (χ4n) is 5.04. The second kappa shape index (κ2) is 5.82. The van der Waals surface area contributed by atoms with Crippen LogP contribution in [0.1, 0.15) is 71.6 Å². The van der Waals surface area contributed by atoms with Crippen LogP contribution >= 0.6 is 0 Å². The average Bonchev–Trinajstić information content (AvgIpc) is 3.42. The van der Waals surface area contributed by atoms with Gasteiger partial charge in [-0.25, -0.2) is 0 Å². The zero-order chi connectivity index (χ0) is 16.9. The summed E-state index contributed by atoms with van der Waals surface area (Å²) in [6.07, 6.45) is 8.79. The monoisotopic (exact) mass is 334 g/mol. The van der Waals surface area contributed by atoms with Gasteiger partial charge in [0.05, 0.1) is 24.2 Å². The molecule has 134 valence electrons. The zero-order valence-corrected chi connectivity index (χ0v) is 15.0. The van der Waals surface area contributed by atoms with Crippen LogP contribution in [0, 0.1) is 23.2 Å². The van der Waals surface area contributed by atoms with E-state index in [1.54, 1.807) is 0 Å². The Balaban J connectivity index is 1.12. The molecule has 4 fully saturated rings. The summed E-state index contributed by atoms with van der Waals surface area (Å²) in [5.74, 6) is 1.30. The molecule has 3 aliphatic carbocycles. The minimum Gasteiger partial charge on any atom is -0.465 e. The van der Waals surface area contributed by atoms with E-state index in [1.165, 1.54) is 12.8 Å². The quantitative estimate of drug-likeness (QED) is 0.422. The van der Waals surface area contributed by atoms with Crippen molar-refractivity contribution >= 4 is 11.8 Å². The fraction of sp³-hybridized carbons (Fsp3) is 0.900. The lowest BCUT2D eigenvalue weighted by molar-refractivity contribution is -0.150. The number of epoxide rings is 1. The van der Waals surface area contributed by atoms with Crippen molar-refractivity contribution in [2.45, 2.75) is 83.3 Å². The number of rotatable bonds is 6. The van der Waals surface area contributed by atoms with E-state index in [9.17, 15) is 9.59 Å². The van der Waals surface area contributed by atoms with Gasteiger partial charge in [-0.15, -0.1) is 0 Å². The molecule has 0 aromatic rings. The number of carbonyl (C=O) groups is 2. The van der Waals surface area contributed by atoms with E-state index < -0.39 is 0 Å². The molecule has 0 N–H and O–H groups in total. The molecule has 6 atom stereocenters. The van der Waals surface area contributed by atoms with Crippen LogP contribution in [0.3, 0.4) is 0 Å². The molecule has 4 rings (SSSR count). The number of Topliss-reactive ketones (excluding diaryl/α,β-unsaturated/α-hetero) is 1. The van der Waals surface area contributed by atoms with Crippen molar-refractivity contribution in [2.75, 3.05) is 6.61 Å². The molecule has 4 nitrogen and oxygen atoms in total. The van der Waals surface area contributed by atoms with Crippen molar-refractivity contribution in [3.05, 3.63) is 0 Å². The van der Waals surface area contributed by atoms with E-state index in [0.29, 0.717) is 36.8 Å². The predicted octanol–water partition coefficient (Wildman–Crippen LogP) is 3.66. The summed E-state index contributed by atoms with van der Waals surface area (Å²) in [5, 5.41) is 0. The lowest BCUT2D eigenvalue weighted by atomic mass is 9.80. The Kier molecular flexibility index (Phi) is 4.02. The van der Waals surface area contributed by atoms with Gasteiger partial charge in [-0.3, -0.25) is 9.59 Å². The van der Waals surface area contributed by atoms with Crippen molar-refractivity contribution in [3.63, 3.8) is 0 Å². The average molecular weight is 334 g/mol. The van der Waals surface area contributed by atoms with Gasteiger partial charge in [-0.2, -0.15) is 0 Å². The first-order valence-corrected chi connectivity index (χ1v) is 9.77. The maximum atomic E-state index is 12.3. The van der Waals surface area contributed by atoms with Gasteiger partial charge in [-0.1, -0.05) is 6.92 Å². The van der Waals surface area contributed by atoms with Gasteiger partial charge in [0.1, 0.15) is 5.78 Å². The molecule has 6 unspecified atom stereocenters. The first-order valence-electron chi connectivity index (χ1n) is 9.77. The van der Waals surface area contributed by atoms with Gasteiger partial charge >= 0.3 is 5.97 Å². The minimum atomic E-state index is -0.0313. The van der Waals surface area contributed by atoms with Crippen LogP contribution in [0.15, 0.2) is 0 Å². The topological polar surface area (TPSA) is 55.9 Å². The Bertz CT molecular complexity index is 496. The highest BCUT2D eigenvalue weighted by atomic mass is 16.6. The standard InChI is InChI=1S/C20H30O4/c1-19-7-5-14(10-15(19)12-19)18(22)23-9-3-4-16(21)13-6-8-20(2)17(11-13)24-20/h13-15,17H,3-12H2,1-2H3. The van der Waals surface area contributed by atoms with Gasteiger partial charge in [0.2, 0.25) is 0 Å². The maximum absolute atomic E-state index is 12.3. The summed E-state index contributed by atoms with van der Waals surface area (Å²) >= 11 is 0. The highest BCUT2D eigenvalue weighted by Gasteiger charge is 2.56. The van der Waals surface area contributed by atoms with Gasteiger partial charge in [0.15, 0.2) is 0 Å². The molecule has 0 aromatic heterocycles. The molecule has 0 amide bonds. The first kappa shape index (κ1) is 16.6. The Morgan fingerprint density at radius 2 is 1.92 bits per heavy atom. The molecule has 1 aliphatic heterocycles. The Morgan fingerprint density at radius 1 is 1.12 bits per heavy atom. The molecule has 3 saturated carbocycles. The van der Waals surface area contributed by atoms with Crippen molar-refractivity contribution in [2.24, 2.45) is 23.2 Å². The summed E-state index contributed by atoms with van der Waals surface area (Å²) in [6.45, 7) is 4.88. The number of fused-ring (bicyclic) bond motifs is 2. The molecular formula is C20H30O4. The second-order valence-corrected chi connectivity index (χ2v) is 9.15. The summed E-state index contributed by atoms with van der Waals surface area (Å²) in [7, 11) is 0. The smallest absolute Gasteiger partial charge is 0.308 e. The van der Waals surface area contributed by atoms with Crippen LogP contribution in [-0.2, 0) is 19.1 Å². The molecule has 4 aliphatic rings. The maximum Gasteiger partial charge on any atom is 0.308 e. The SMILES string of the molecule is CC12CCC(C(=O)OCCCC(=O)C3CCC4(C)OC4C3)CC1C2. The lowest BCUT2D eigenvalue weighted by Gasteiger charge is -2.24. The van der Waals surface area contributed by atoms with E-state index in [4.69, 9.17) is 9.47 Å². The summed E-state index contributed by atoms with van der Waals surface area (Å²) in [6, 6.07) is 0. The Morgan fingerprint density at radius 3 is 2.67 bits per heavy atom. The van der Waals surface area contributed by atoms with Crippen LogP contribution in [0.2, 0.25) is 0 Å². The number of esters is 1. The van der Waals surface area contributed by atoms with Gasteiger partial charge in [0.25, 0.3) is 0 Å². The van der Waals surface area contributed by atoms with Crippen LogP contribution < -0.4 is 0 Å².